The van der Waals surface area contributed by atoms with Crippen LogP contribution in [0.1, 0.15) is 49.7 Å². The van der Waals surface area contributed by atoms with Crippen molar-refractivity contribution in [3.63, 3.8) is 0 Å². The Hall–Kier alpha value is -3.61. The smallest absolute Gasteiger partial charge is 0.142 e. The van der Waals surface area contributed by atoms with Crippen LogP contribution in [0.2, 0.25) is 0 Å². The summed E-state index contributed by atoms with van der Waals surface area (Å²) >= 11 is 0. The number of piperidine rings is 1. The third kappa shape index (κ3) is 7.67. The first-order valence-corrected chi connectivity index (χ1v) is 17.1. The molecule has 2 aliphatic rings. The summed E-state index contributed by atoms with van der Waals surface area (Å²) in [6.07, 6.45) is 10.6. The maximum atomic E-state index is 12.1. The maximum absolute atomic E-state index is 12.1. The second-order valence-corrected chi connectivity index (χ2v) is 13.2. The van der Waals surface area contributed by atoms with Gasteiger partial charge >= 0.3 is 0 Å². The first kappa shape index (κ1) is 29.5. The lowest BCUT2D eigenvalue weighted by Gasteiger charge is -2.26. The van der Waals surface area contributed by atoms with Gasteiger partial charge in [-0.1, -0.05) is 55.0 Å². The third-order valence-electron chi connectivity index (χ3n) is 8.54. The van der Waals surface area contributed by atoms with Gasteiger partial charge < -0.3 is 14.2 Å². The molecule has 0 amide bonds. The molecule has 0 bridgehead atoms. The molecule has 0 spiro atoms. The molecule has 0 N–H and O–H groups in total. The van der Waals surface area contributed by atoms with Crippen molar-refractivity contribution in [3.8, 4) is 23.0 Å². The van der Waals surface area contributed by atoms with Crippen LogP contribution < -0.4 is 14.2 Å². The Morgan fingerprint density at radius 2 is 1.60 bits per heavy atom. The summed E-state index contributed by atoms with van der Waals surface area (Å²) < 4.78 is 31.0. The summed E-state index contributed by atoms with van der Waals surface area (Å²) in [5.74, 6) is 3.29. The molecule has 43 heavy (non-hydrogen) atoms. The van der Waals surface area contributed by atoms with Crippen molar-refractivity contribution in [1.82, 2.24) is 4.90 Å². The van der Waals surface area contributed by atoms with Crippen LogP contribution in [-0.2, 0) is 17.4 Å². The van der Waals surface area contributed by atoms with Crippen molar-refractivity contribution in [1.29, 1.82) is 0 Å². The molecule has 6 heteroatoms. The minimum absolute atomic E-state index is 0.223. The largest absolute Gasteiger partial charge is 0.492 e. The quantitative estimate of drug-likeness (QED) is 0.174. The summed E-state index contributed by atoms with van der Waals surface area (Å²) in [6, 6.07) is 28.7. The minimum Gasteiger partial charge on any atom is -0.492 e. The molecular formula is C37H41NO4S. The molecule has 5 nitrogen and oxygen atoms in total. The topological polar surface area (TPSA) is 48.0 Å². The Bertz CT molecular complexity index is 1560. The molecule has 6 rings (SSSR count). The average molecular weight is 596 g/mol. The third-order valence-corrected chi connectivity index (χ3v) is 9.90. The lowest BCUT2D eigenvalue weighted by Crippen LogP contribution is -2.33. The highest BCUT2D eigenvalue weighted by molar-refractivity contribution is 7.84. The fraction of sp³-hybridized carbons (Fsp3) is 0.351. The van der Waals surface area contributed by atoms with Crippen LogP contribution in [0.4, 0.5) is 0 Å². The molecule has 1 heterocycles. The zero-order valence-corrected chi connectivity index (χ0v) is 25.8. The van der Waals surface area contributed by atoms with Crippen molar-refractivity contribution in [2.45, 2.75) is 50.4 Å². The summed E-state index contributed by atoms with van der Waals surface area (Å²) in [5, 5.41) is 2.32. The van der Waals surface area contributed by atoms with E-state index in [4.69, 9.17) is 14.2 Å². The molecule has 0 aromatic heterocycles. The van der Waals surface area contributed by atoms with Gasteiger partial charge in [0.2, 0.25) is 0 Å². The number of rotatable bonds is 11. The van der Waals surface area contributed by atoms with Crippen molar-refractivity contribution in [2.24, 2.45) is 0 Å². The van der Waals surface area contributed by atoms with Crippen molar-refractivity contribution >= 4 is 27.1 Å². The number of likely N-dealkylation sites (tertiary alicyclic amines) is 1. The fourth-order valence-corrected chi connectivity index (χ4v) is 6.84. The summed E-state index contributed by atoms with van der Waals surface area (Å²) in [5.41, 5.74) is 3.48. The van der Waals surface area contributed by atoms with Crippen LogP contribution in [0.3, 0.4) is 0 Å². The maximum Gasteiger partial charge on any atom is 0.142 e. The Kier molecular flexibility index (Phi) is 9.76. The van der Waals surface area contributed by atoms with Gasteiger partial charge in [0.05, 0.1) is 0 Å². The van der Waals surface area contributed by atoms with Gasteiger partial charge in [0.15, 0.2) is 0 Å². The van der Waals surface area contributed by atoms with Crippen LogP contribution in [0, 0.1) is 0 Å². The summed E-state index contributed by atoms with van der Waals surface area (Å²) in [7, 11) is -0.812. The first-order valence-electron chi connectivity index (χ1n) is 15.5. The number of allylic oxidation sites excluding steroid dienone is 2. The second-order valence-electron chi connectivity index (χ2n) is 11.5. The van der Waals surface area contributed by atoms with Gasteiger partial charge in [-0.2, -0.15) is 0 Å². The van der Waals surface area contributed by atoms with E-state index in [0.717, 1.165) is 70.7 Å². The summed E-state index contributed by atoms with van der Waals surface area (Å²) in [4.78, 5) is 2.49. The van der Waals surface area contributed by atoms with Gasteiger partial charge in [0.25, 0.3) is 0 Å². The lowest BCUT2D eigenvalue weighted by atomic mass is 9.91. The van der Waals surface area contributed by atoms with E-state index >= 15 is 0 Å². The first-order chi connectivity index (χ1) is 21.1. The van der Waals surface area contributed by atoms with Crippen LogP contribution >= 0.6 is 0 Å². The van der Waals surface area contributed by atoms with Gasteiger partial charge in [-0.05, 0) is 104 Å². The molecule has 4 aromatic carbocycles. The zero-order valence-electron chi connectivity index (χ0n) is 25.0. The van der Waals surface area contributed by atoms with Gasteiger partial charge in [-0.15, -0.1) is 0 Å². The Morgan fingerprint density at radius 3 is 2.35 bits per heavy atom. The van der Waals surface area contributed by atoms with Crippen LogP contribution in [-0.4, -0.2) is 46.9 Å². The molecule has 1 aliphatic heterocycles. The van der Waals surface area contributed by atoms with E-state index < -0.39 is 10.8 Å². The molecule has 0 radical (unpaired) electrons. The zero-order chi connectivity index (χ0) is 29.4. The lowest BCUT2D eigenvalue weighted by molar-refractivity contribution is 0.183. The average Bonchev–Trinajstić information content (AvgIpc) is 3.05. The van der Waals surface area contributed by atoms with E-state index in [1.165, 1.54) is 37.9 Å². The highest BCUT2D eigenvalue weighted by Crippen LogP contribution is 2.42. The Morgan fingerprint density at radius 1 is 0.837 bits per heavy atom. The van der Waals surface area contributed by atoms with Gasteiger partial charge in [0.1, 0.15) is 36.2 Å². The number of benzene rings is 4. The molecule has 4 aromatic rings. The van der Waals surface area contributed by atoms with E-state index in [9.17, 15) is 4.21 Å². The molecule has 0 saturated carbocycles. The van der Waals surface area contributed by atoms with Crippen LogP contribution in [0.15, 0.2) is 91.0 Å². The van der Waals surface area contributed by atoms with Crippen molar-refractivity contribution < 1.29 is 18.4 Å². The SMILES string of the molecule is CS(=O)C1CC=C(c2ccc3cc(OCc4ccccc4)ccc3c2Oc2ccc(OCCN3CCCCC3)cc2)CC1. The summed E-state index contributed by atoms with van der Waals surface area (Å²) in [6.45, 7) is 4.54. The molecule has 1 fully saturated rings. The molecule has 1 aliphatic carbocycles. The van der Waals surface area contributed by atoms with Gasteiger partial charge in [-0.25, -0.2) is 0 Å². The standard InChI is InChI=1S/C37H41NO4S/c1-43(39)34-18-10-29(11-19-34)35-20-12-30-26-33(41-27-28-8-4-2-5-9-28)17-21-36(30)37(35)42-32-15-13-31(14-16-32)40-25-24-38-22-6-3-7-23-38/h2,4-5,8-10,12-17,20-21,26,34H,3,6-7,11,18-19,22-25,27H2,1H3. The van der Waals surface area contributed by atoms with Gasteiger partial charge in [-0.3, -0.25) is 9.11 Å². The number of ether oxygens (including phenoxy) is 3. The molecular weight excluding hydrogens is 554 g/mol. The highest BCUT2D eigenvalue weighted by Gasteiger charge is 2.22. The van der Waals surface area contributed by atoms with Gasteiger partial charge in [0, 0.05) is 39.8 Å². The van der Waals surface area contributed by atoms with E-state index in [-0.39, 0.29) is 5.25 Å². The predicted molar refractivity (Wildman–Crippen MR) is 177 cm³/mol. The van der Waals surface area contributed by atoms with Crippen LogP contribution in [0.25, 0.3) is 16.3 Å². The fourth-order valence-electron chi connectivity index (χ4n) is 6.03. The highest BCUT2D eigenvalue weighted by atomic mass is 32.2. The normalized spacial score (nSPS) is 18.2. The van der Waals surface area contributed by atoms with E-state index in [0.29, 0.717) is 13.2 Å². The number of hydrogen-bond donors (Lipinski definition) is 0. The molecule has 224 valence electrons. The molecule has 2 unspecified atom stereocenters. The molecule has 2 atom stereocenters. The Balaban J connectivity index is 1.22. The van der Waals surface area contributed by atoms with E-state index in [1.54, 1.807) is 0 Å². The second kappa shape index (κ2) is 14.2. The Labute approximate surface area is 257 Å². The molecule has 1 saturated heterocycles. The monoisotopic (exact) mass is 595 g/mol. The van der Waals surface area contributed by atoms with E-state index in [1.807, 2.05) is 54.8 Å². The number of nitrogens with zero attached hydrogens (tertiary/aromatic N) is 1. The number of fused-ring (bicyclic) bond motifs is 1. The van der Waals surface area contributed by atoms with Crippen LogP contribution in [0.5, 0.6) is 23.0 Å². The predicted octanol–water partition coefficient (Wildman–Crippen LogP) is 8.39. The minimum atomic E-state index is -0.812. The van der Waals surface area contributed by atoms with E-state index in [2.05, 4.69) is 47.4 Å². The van der Waals surface area contributed by atoms with Crippen molar-refractivity contribution in [3.05, 3.63) is 102 Å². The van der Waals surface area contributed by atoms with Crippen molar-refractivity contribution in [2.75, 3.05) is 32.5 Å². The number of hydrogen-bond acceptors (Lipinski definition) is 5.